The highest BCUT2D eigenvalue weighted by Gasteiger charge is 2.25. The molecule has 3 heteroatoms. The molecule has 1 N–H and O–H groups in total. The van der Waals surface area contributed by atoms with Crippen LogP contribution in [0, 0.1) is 21.7 Å². The summed E-state index contributed by atoms with van der Waals surface area (Å²) in [7, 11) is 2.20. The average molecular weight is 439 g/mol. The van der Waals surface area contributed by atoms with E-state index in [0.717, 1.165) is 18.6 Å². The van der Waals surface area contributed by atoms with E-state index >= 15 is 0 Å². The molecule has 3 saturated heterocycles. The number of rotatable bonds is 0. The molecule has 0 amide bonds. The van der Waals surface area contributed by atoms with Crippen molar-refractivity contribution in [1.29, 1.82) is 0 Å². The maximum atomic E-state index is 5.21. The fourth-order valence-corrected chi connectivity index (χ4v) is 4.14. The summed E-state index contributed by atoms with van der Waals surface area (Å²) in [5.41, 5.74) is 2.51. The third kappa shape index (κ3) is 14.6. The zero-order valence-corrected chi connectivity index (χ0v) is 23.0. The molecule has 4 fully saturated rings. The predicted molar refractivity (Wildman–Crippen MR) is 138 cm³/mol. The molecule has 31 heavy (non-hydrogen) atoms. The van der Waals surface area contributed by atoms with Crippen LogP contribution in [0.2, 0.25) is 0 Å². The Morgan fingerprint density at radius 2 is 0.903 bits per heavy atom. The first kappa shape index (κ1) is 28.9. The third-order valence-electron chi connectivity index (χ3n) is 7.85. The van der Waals surface area contributed by atoms with Crippen molar-refractivity contribution < 1.29 is 4.74 Å². The lowest BCUT2D eigenvalue weighted by Crippen LogP contribution is -2.34. The van der Waals surface area contributed by atoms with Crippen molar-refractivity contribution in [3.8, 4) is 0 Å². The van der Waals surface area contributed by atoms with Crippen LogP contribution in [0.4, 0.5) is 0 Å². The molecule has 3 aliphatic heterocycles. The average Bonchev–Trinajstić information content (AvgIpc) is 2.64. The maximum absolute atomic E-state index is 5.21. The quantitative estimate of drug-likeness (QED) is 0.434. The summed E-state index contributed by atoms with van der Waals surface area (Å²) < 4.78 is 5.21. The van der Waals surface area contributed by atoms with E-state index in [1.165, 1.54) is 84.0 Å². The van der Waals surface area contributed by atoms with Gasteiger partial charge in [-0.3, -0.25) is 0 Å². The van der Waals surface area contributed by atoms with E-state index in [1.54, 1.807) is 0 Å². The number of piperidine rings is 2. The molecule has 0 aromatic carbocycles. The molecule has 186 valence electrons. The van der Waals surface area contributed by atoms with E-state index in [-0.39, 0.29) is 0 Å². The molecular weight excluding hydrogens is 380 g/mol. The minimum atomic E-state index is 0.554. The van der Waals surface area contributed by atoms with E-state index in [1.807, 2.05) is 0 Å². The summed E-state index contributed by atoms with van der Waals surface area (Å²) in [6.07, 6.45) is 12.2. The van der Waals surface area contributed by atoms with Crippen LogP contribution in [0.15, 0.2) is 0 Å². The van der Waals surface area contributed by atoms with E-state index in [2.05, 4.69) is 72.7 Å². The monoisotopic (exact) mass is 438 g/mol. The zero-order valence-electron chi connectivity index (χ0n) is 23.0. The van der Waals surface area contributed by atoms with Crippen LogP contribution in [0.25, 0.3) is 0 Å². The smallest absolute Gasteiger partial charge is 0.0471 e. The van der Waals surface area contributed by atoms with Crippen molar-refractivity contribution in [2.24, 2.45) is 21.7 Å². The molecule has 3 nitrogen and oxygen atoms in total. The van der Waals surface area contributed by atoms with Gasteiger partial charge in [0.15, 0.2) is 0 Å². The lowest BCUT2D eigenvalue weighted by atomic mass is 9.72. The van der Waals surface area contributed by atoms with Gasteiger partial charge in [-0.15, -0.1) is 0 Å². The van der Waals surface area contributed by atoms with Crippen molar-refractivity contribution in [2.45, 2.75) is 113 Å². The van der Waals surface area contributed by atoms with Crippen molar-refractivity contribution >= 4 is 0 Å². The van der Waals surface area contributed by atoms with Gasteiger partial charge in [0, 0.05) is 13.2 Å². The summed E-state index contributed by atoms with van der Waals surface area (Å²) in [6.45, 7) is 25.6. The highest BCUT2D eigenvalue weighted by molar-refractivity contribution is 4.78. The number of ether oxygens (including phenoxy) is 1. The molecule has 1 saturated carbocycles. The van der Waals surface area contributed by atoms with Crippen LogP contribution >= 0.6 is 0 Å². The molecule has 4 aliphatic rings. The maximum Gasteiger partial charge on any atom is 0.0471 e. The first-order valence-electron chi connectivity index (χ1n) is 13.2. The minimum Gasteiger partial charge on any atom is -0.381 e. The summed E-state index contributed by atoms with van der Waals surface area (Å²) in [5.74, 6) is 0. The Labute approximate surface area is 196 Å². The molecule has 0 aromatic rings. The molecule has 0 radical (unpaired) electrons. The number of hydrogen-bond acceptors (Lipinski definition) is 3. The Bertz CT molecular complexity index is 427. The topological polar surface area (TPSA) is 24.5 Å². The minimum absolute atomic E-state index is 0.554. The van der Waals surface area contributed by atoms with Gasteiger partial charge in [0.2, 0.25) is 0 Å². The van der Waals surface area contributed by atoms with Crippen molar-refractivity contribution in [2.75, 3.05) is 46.4 Å². The van der Waals surface area contributed by atoms with Gasteiger partial charge < -0.3 is 15.0 Å². The second-order valence-electron chi connectivity index (χ2n) is 13.7. The van der Waals surface area contributed by atoms with Gasteiger partial charge >= 0.3 is 0 Å². The molecule has 0 aromatic heterocycles. The lowest BCUT2D eigenvalue weighted by molar-refractivity contribution is 0.0327. The van der Waals surface area contributed by atoms with E-state index in [0.29, 0.717) is 16.2 Å². The standard InChI is InChI=1S/C8H17N.C7H15N.C7H14O.C6H12/c1-8(2)4-6-9(3)7-5-8;2*1-7(2)3-5-8-6-4-7;1-6(2)4-3-5-6/h4-7H2,1-3H3;8H,3-6H2,1-2H3;3-6H2,1-2H3;3-5H2,1-2H3. The number of nitrogens with one attached hydrogen (secondary N) is 1. The van der Waals surface area contributed by atoms with Crippen molar-refractivity contribution in [3.05, 3.63) is 0 Å². The summed E-state index contributed by atoms with van der Waals surface area (Å²) in [6, 6.07) is 0. The molecule has 1 aliphatic carbocycles. The van der Waals surface area contributed by atoms with Crippen LogP contribution < -0.4 is 5.32 Å². The molecule has 0 atom stereocenters. The third-order valence-corrected chi connectivity index (χ3v) is 7.85. The highest BCUT2D eigenvalue weighted by Crippen LogP contribution is 2.39. The fraction of sp³-hybridized carbons (Fsp3) is 1.00. The second kappa shape index (κ2) is 12.9. The van der Waals surface area contributed by atoms with Gasteiger partial charge in [-0.2, -0.15) is 0 Å². The van der Waals surface area contributed by atoms with Crippen LogP contribution in [0.3, 0.4) is 0 Å². The van der Waals surface area contributed by atoms with Crippen LogP contribution in [0.5, 0.6) is 0 Å². The molecule has 0 bridgehead atoms. The normalized spacial score (nSPS) is 28.2. The Morgan fingerprint density at radius 1 is 0.548 bits per heavy atom. The lowest BCUT2D eigenvalue weighted by Gasteiger charge is -2.34. The predicted octanol–water partition coefficient (Wildman–Crippen LogP) is 7.15. The molecular formula is C28H58N2O. The van der Waals surface area contributed by atoms with Gasteiger partial charge in [-0.25, -0.2) is 0 Å². The van der Waals surface area contributed by atoms with E-state index < -0.39 is 0 Å². The molecule has 0 unspecified atom stereocenters. The van der Waals surface area contributed by atoms with Crippen molar-refractivity contribution in [1.82, 2.24) is 10.2 Å². The Balaban J connectivity index is 0.000000208. The molecule has 0 spiro atoms. The van der Waals surface area contributed by atoms with Crippen LogP contribution in [-0.4, -0.2) is 51.3 Å². The first-order valence-corrected chi connectivity index (χ1v) is 13.2. The highest BCUT2D eigenvalue weighted by atomic mass is 16.5. The van der Waals surface area contributed by atoms with E-state index in [9.17, 15) is 0 Å². The number of hydrogen-bond donors (Lipinski definition) is 1. The second-order valence-corrected chi connectivity index (χ2v) is 13.7. The summed E-state index contributed by atoms with van der Waals surface area (Å²) in [5, 5.41) is 3.34. The Hall–Kier alpha value is -0.120. The van der Waals surface area contributed by atoms with Gasteiger partial charge in [-0.1, -0.05) is 61.8 Å². The van der Waals surface area contributed by atoms with Crippen LogP contribution in [0.1, 0.15) is 113 Å². The summed E-state index contributed by atoms with van der Waals surface area (Å²) in [4.78, 5) is 2.41. The largest absolute Gasteiger partial charge is 0.381 e. The van der Waals surface area contributed by atoms with Crippen molar-refractivity contribution in [3.63, 3.8) is 0 Å². The van der Waals surface area contributed by atoms with Gasteiger partial charge in [0.05, 0.1) is 0 Å². The Kier molecular flexibility index (Phi) is 12.1. The Morgan fingerprint density at radius 3 is 1.13 bits per heavy atom. The first-order chi connectivity index (χ1) is 14.2. The fourth-order valence-electron chi connectivity index (χ4n) is 4.14. The number of likely N-dealkylation sites (tertiary alicyclic amines) is 1. The zero-order chi connectivity index (χ0) is 23.6. The molecule has 3 heterocycles. The van der Waals surface area contributed by atoms with Gasteiger partial charge in [0.1, 0.15) is 0 Å². The SMILES string of the molecule is CC1(C)CCC1.CC1(C)CCNCC1.CC1(C)CCOCC1.CN1CCC(C)(C)CC1. The molecule has 4 rings (SSSR count). The van der Waals surface area contributed by atoms with Gasteiger partial charge in [-0.05, 0) is 106 Å². The van der Waals surface area contributed by atoms with Gasteiger partial charge in [0.25, 0.3) is 0 Å². The van der Waals surface area contributed by atoms with E-state index in [4.69, 9.17) is 4.74 Å². The number of nitrogens with zero attached hydrogens (tertiary/aromatic N) is 1. The summed E-state index contributed by atoms with van der Waals surface area (Å²) >= 11 is 0. The van der Waals surface area contributed by atoms with Crippen LogP contribution in [-0.2, 0) is 4.74 Å².